The molecule has 0 saturated carbocycles. The predicted octanol–water partition coefficient (Wildman–Crippen LogP) is 1.85. The van der Waals surface area contributed by atoms with Crippen molar-refractivity contribution in [3.63, 3.8) is 0 Å². The second-order valence-corrected chi connectivity index (χ2v) is 6.40. The Hall–Kier alpha value is -0.870. The Labute approximate surface area is 97.0 Å². The predicted molar refractivity (Wildman–Crippen MR) is 65.1 cm³/mol. The average Bonchev–Trinajstić information content (AvgIpc) is 2.16. The summed E-state index contributed by atoms with van der Waals surface area (Å²) in [5, 5.41) is 9.33. The highest BCUT2D eigenvalue weighted by molar-refractivity contribution is 7.91. The highest BCUT2D eigenvalue weighted by Gasteiger charge is 2.28. The van der Waals surface area contributed by atoms with Gasteiger partial charge < -0.3 is 5.11 Å². The third-order valence-corrected chi connectivity index (χ3v) is 4.38. The van der Waals surface area contributed by atoms with Crippen molar-refractivity contribution in [1.29, 1.82) is 0 Å². The largest absolute Gasteiger partial charge is 0.387 e. The second-order valence-electron chi connectivity index (χ2n) is 4.14. The van der Waals surface area contributed by atoms with Crippen LogP contribution in [0, 0.1) is 6.92 Å². The zero-order chi connectivity index (χ0) is 12.3. The van der Waals surface area contributed by atoms with Crippen molar-refractivity contribution in [2.75, 3.05) is 6.26 Å². The minimum Gasteiger partial charge on any atom is -0.387 e. The van der Waals surface area contributed by atoms with Gasteiger partial charge in [-0.2, -0.15) is 0 Å². The second kappa shape index (κ2) is 4.97. The molecule has 0 spiro atoms. The Morgan fingerprint density at radius 3 is 2.44 bits per heavy atom. The van der Waals surface area contributed by atoms with E-state index in [-0.39, 0.29) is 0 Å². The summed E-state index contributed by atoms with van der Waals surface area (Å²) in [5.41, 5.74) is 1.68. The zero-order valence-corrected chi connectivity index (χ0v) is 10.7. The standard InChI is InChI=1S/C12H18O3S/c1-4-11(16(3,14)15)12(13)10-7-5-6-9(2)8-10/h5-8,11-13H,4H2,1-3H3/t11-,12+/m0/s1. The molecule has 1 aromatic rings. The lowest BCUT2D eigenvalue weighted by molar-refractivity contribution is 0.169. The Morgan fingerprint density at radius 2 is 2.00 bits per heavy atom. The zero-order valence-electron chi connectivity index (χ0n) is 9.84. The maximum atomic E-state index is 11.5. The average molecular weight is 242 g/mol. The van der Waals surface area contributed by atoms with E-state index in [1.807, 2.05) is 25.1 Å². The van der Waals surface area contributed by atoms with Crippen molar-refractivity contribution >= 4 is 9.84 Å². The van der Waals surface area contributed by atoms with Gasteiger partial charge in [0.15, 0.2) is 9.84 Å². The minimum absolute atomic E-state index is 0.411. The molecule has 0 fully saturated rings. The molecule has 0 bridgehead atoms. The molecule has 1 rings (SSSR count). The van der Waals surface area contributed by atoms with Crippen molar-refractivity contribution in [2.24, 2.45) is 0 Å². The Balaban J connectivity index is 3.05. The van der Waals surface area contributed by atoms with Crippen molar-refractivity contribution in [3.05, 3.63) is 35.4 Å². The first-order valence-electron chi connectivity index (χ1n) is 5.29. The maximum absolute atomic E-state index is 11.5. The van der Waals surface area contributed by atoms with E-state index in [2.05, 4.69) is 0 Å². The Bertz CT molecular complexity index is 451. The van der Waals surface area contributed by atoms with E-state index in [0.29, 0.717) is 12.0 Å². The van der Waals surface area contributed by atoms with Crippen LogP contribution in [0.4, 0.5) is 0 Å². The molecule has 3 nitrogen and oxygen atoms in total. The van der Waals surface area contributed by atoms with E-state index in [1.54, 1.807) is 13.0 Å². The summed E-state index contributed by atoms with van der Waals surface area (Å²) in [4.78, 5) is 0. The fraction of sp³-hybridized carbons (Fsp3) is 0.500. The van der Waals surface area contributed by atoms with Gasteiger partial charge in [-0.05, 0) is 18.9 Å². The van der Waals surface area contributed by atoms with Crippen LogP contribution < -0.4 is 0 Å². The van der Waals surface area contributed by atoms with Gasteiger partial charge in [0.05, 0.1) is 11.4 Å². The lowest BCUT2D eigenvalue weighted by Crippen LogP contribution is -2.26. The monoisotopic (exact) mass is 242 g/mol. The lowest BCUT2D eigenvalue weighted by Gasteiger charge is -2.20. The van der Waals surface area contributed by atoms with Gasteiger partial charge in [0.1, 0.15) is 0 Å². The molecule has 0 unspecified atom stereocenters. The van der Waals surface area contributed by atoms with Crippen LogP contribution in [-0.2, 0) is 9.84 Å². The van der Waals surface area contributed by atoms with Gasteiger partial charge in [-0.1, -0.05) is 36.8 Å². The van der Waals surface area contributed by atoms with Gasteiger partial charge in [0.2, 0.25) is 0 Å². The number of hydrogen-bond acceptors (Lipinski definition) is 3. The number of aliphatic hydroxyl groups excluding tert-OH is 1. The summed E-state index contributed by atoms with van der Waals surface area (Å²) in [6, 6.07) is 7.31. The molecular weight excluding hydrogens is 224 g/mol. The van der Waals surface area contributed by atoms with Crippen LogP contribution in [-0.4, -0.2) is 25.0 Å². The van der Waals surface area contributed by atoms with Crippen molar-refractivity contribution in [3.8, 4) is 0 Å². The van der Waals surface area contributed by atoms with Gasteiger partial charge in [0, 0.05) is 6.26 Å². The van der Waals surface area contributed by atoms with E-state index in [4.69, 9.17) is 0 Å². The van der Waals surface area contributed by atoms with E-state index in [9.17, 15) is 13.5 Å². The summed E-state index contributed by atoms with van der Waals surface area (Å²) in [6.45, 7) is 3.68. The number of rotatable bonds is 4. The van der Waals surface area contributed by atoms with E-state index in [1.165, 1.54) is 6.26 Å². The fourth-order valence-electron chi connectivity index (χ4n) is 1.83. The van der Waals surface area contributed by atoms with E-state index in [0.717, 1.165) is 5.56 Å². The van der Waals surface area contributed by atoms with E-state index >= 15 is 0 Å². The first-order chi connectivity index (χ1) is 7.36. The molecule has 0 radical (unpaired) electrons. The van der Waals surface area contributed by atoms with Crippen molar-refractivity contribution < 1.29 is 13.5 Å². The molecule has 2 atom stereocenters. The normalized spacial score (nSPS) is 15.8. The summed E-state index contributed by atoms with van der Waals surface area (Å²) >= 11 is 0. The van der Waals surface area contributed by atoms with E-state index < -0.39 is 21.2 Å². The van der Waals surface area contributed by atoms with Crippen LogP contribution in [0.2, 0.25) is 0 Å². The number of hydrogen-bond donors (Lipinski definition) is 1. The highest BCUT2D eigenvalue weighted by Crippen LogP contribution is 2.24. The van der Waals surface area contributed by atoms with Gasteiger partial charge in [-0.15, -0.1) is 0 Å². The molecule has 0 saturated heterocycles. The minimum atomic E-state index is -3.23. The highest BCUT2D eigenvalue weighted by atomic mass is 32.2. The van der Waals surface area contributed by atoms with Crippen LogP contribution in [0.5, 0.6) is 0 Å². The molecule has 16 heavy (non-hydrogen) atoms. The number of sulfone groups is 1. The maximum Gasteiger partial charge on any atom is 0.153 e. The van der Waals surface area contributed by atoms with Gasteiger partial charge >= 0.3 is 0 Å². The number of benzene rings is 1. The van der Waals surface area contributed by atoms with Crippen LogP contribution in [0.25, 0.3) is 0 Å². The van der Waals surface area contributed by atoms with Gasteiger partial charge in [0.25, 0.3) is 0 Å². The van der Waals surface area contributed by atoms with Crippen LogP contribution in [0.15, 0.2) is 24.3 Å². The van der Waals surface area contributed by atoms with Crippen molar-refractivity contribution in [2.45, 2.75) is 31.6 Å². The molecule has 0 aliphatic heterocycles. The smallest absolute Gasteiger partial charge is 0.153 e. The first-order valence-corrected chi connectivity index (χ1v) is 7.25. The summed E-state index contributed by atoms with van der Waals surface area (Å²) in [7, 11) is -3.23. The SMILES string of the molecule is CC[C@@H]([C@H](O)c1cccc(C)c1)S(C)(=O)=O. The Morgan fingerprint density at radius 1 is 1.38 bits per heavy atom. The van der Waals surface area contributed by atoms with Crippen molar-refractivity contribution in [1.82, 2.24) is 0 Å². The summed E-state index contributed by atoms with van der Waals surface area (Å²) < 4.78 is 23.0. The fourth-order valence-corrected chi connectivity index (χ4v) is 3.06. The molecule has 90 valence electrons. The number of aliphatic hydroxyl groups is 1. The molecule has 0 amide bonds. The molecule has 0 aliphatic carbocycles. The van der Waals surface area contributed by atoms with Crippen LogP contribution in [0.3, 0.4) is 0 Å². The molecule has 0 heterocycles. The molecule has 0 aromatic heterocycles. The Kier molecular flexibility index (Phi) is 4.10. The number of aryl methyl sites for hydroxylation is 1. The summed E-state index contributed by atoms with van der Waals surface area (Å²) in [6.07, 6.45) is 0.633. The topological polar surface area (TPSA) is 54.4 Å². The van der Waals surface area contributed by atoms with Crippen LogP contribution >= 0.6 is 0 Å². The molecule has 1 aromatic carbocycles. The third kappa shape index (κ3) is 3.06. The summed E-state index contributed by atoms with van der Waals surface area (Å²) in [5.74, 6) is 0. The quantitative estimate of drug-likeness (QED) is 0.876. The molecule has 1 N–H and O–H groups in total. The van der Waals surface area contributed by atoms with Crippen LogP contribution in [0.1, 0.15) is 30.6 Å². The molecular formula is C12H18O3S. The lowest BCUT2D eigenvalue weighted by atomic mass is 10.0. The van der Waals surface area contributed by atoms with Gasteiger partial charge in [-0.3, -0.25) is 0 Å². The first kappa shape index (κ1) is 13.2. The molecule has 0 aliphatic rings. The van der Waals surface area contributed by atoms with Gasteiger partial charge in [-0.25, -0.2) is 8.42 Å². The third-order valence-electron chi connectivity index (χ3n) is 2.69. The molecule has 4 heteroatoms.